The van der Waals surface area contributed by atoms with Crippen molar-refractivity contribution in [1.82, 2.24) is 9.55 Å². The fourth-order valence-electron chi connectivity index (χ4n) is 1.73. The third-order valence-electron chi connectivity index (χ3n) is 2.61. The molecule has 100 valence electrons. The van der Waals surface area contributed by atoms with Gasteiger partial charge in [0, 0.05) is 18.3 Å². The lowest BCUT2D eigenvalue weighted by molar-refractivity contribution is 0.253. The van der Waals surface area contributed by atoms with Crippen LogP contribution in [0.15, 0.2) is 24.4 Å². The molecule has 2 aromatic rings. The van der Waals surface area contributed by atoms with Gasteiger partial charge in [0.05, 0.1) is 15.7 Å². The number of nitrogens with zero attached hydrogens (tertiary/aromatic N) is 2. The lowest BCUT2D eigenvalue weighted by Gasteiger charge is -2.08. The quantitative estimate of drug-likeness (QED) is 0.905. The van der Waals surface area contributed by atoms with Crippen LogP contribution in [0.25, 0.3) is 0 Å². The van der Waals surface area contributed by atoms with E-state index in [1.165, 1.54) is 4.57 Å². The van der Waals surface area contributed by atoms with Crippen LogP contribution in [-0.4, -0.2) is 15.6 Å². The standard InChI is InChI=1S/C13H13Cl2N3O/c1-3-12-16-8(2)7-18(12)13(19)17-9-4-5-10(14)11(15)6-9/h4-7H,3H2,1-2H3,(H,17,19). The van der Waals surface area contributed by atoms with Crippen LogP contribution in [0.3, 0.4) is 0 Å². The minimum atomic E-state index is -0.268. The summed E-state index contributed by atoms with van der Waals surface area (Å²) in [6.07, 6.45) is 2.38. The molecule has 0 fully saturated rings. The van der Waals surface area contributed by atoms with Gasteiger partial charge in [-0.15, -0.1) is 0 Å². The highest BCUT2D eigenvalue weighted by atomic mass is 35.5. The van der Waals surface area contributed by atoms with Gasteiger partial charge in [-0.1, -0.05) is 30.1 Å². The number of aromatic nitrogens is 2. The van der Waals surface area contributed by atoms with Gasteiger partial charge in [0.1, 0.15) is 5.82 Å². The number of rotatable bonds is 2. The van der Waals surface area contributed by atoms with E-state index < -0.39 is 0 Å². The maximum atomic E-state index is 12.1. The maximum Gasteiger partial charge on any atom is 0.331 e. The molecule has 0 radical (unpaired) electrons. The molecular weight excluding hydrogens is 285 g/mol. The van der Waals surface area contributed by atoms with Crippen LogP contribution in [0.5, 0.6) is 0 Å². The Kier molecular flexibility index (Phi) is 4.12. The van der Waals surface area contributed by atoms with Gasteiger partial charge < -0.3 is 5.32 Å². The molecule has 0 aliphatic heterocycles. The van der Waals surface area contributed by atoms with E-state index in [0.717, 1.165) is 11.5 Å². The molecule has 6 heteroatoms. The lowest BCUT2D eigenvalue weighted by atomic mass is 10.3. The van der Waals surface area contributed by atoms with Crippen molar-refractivity contribution < 1.29 is 4.79 Å². The van der Waals surface area contributed by atoms with E-state index in [1.54, 1.807) is 24.4 Å². The van der Waals surface area contributed by atoms with Gasteiger partial charge in [-0.05, 0) is 25.1 Å². The Bertz CT molecular complexity index is 622. The highest BCUT2D eigenvalue weighted by Crippen LogP contribution is 2.25. The molecule has 0 unspecified atom stereocenters. The van der Waals surface area contributed by atoms with Crippen molar-refractivity contribution in [1.29, 1.82) is 0 Å². The molecule has 0 saturated heterocycles. The Morgan fingerprint density at radius 1 is 1.37 bits per heavy atom. The van der Waals surface area contributed by atoms with E-state index >= 15 is 0 Å². The van der Waals surface area contributed by atoms with Gasteiger partial charge in [-0.3, -0.25) is 4.57 Å². The predicted octanol–water partition coefficient (Wildman–Crippen LogP) is 4.14. The van der Waals surface area contributed by atoms with E-state index in [9.17, 15) is 4.79 Å². The predicted molar refractivity (Wildman–Crippen MR) is 77.2 cm³/mol. The first-order valence-electron chi connectivity index (χ1n) is 5.82. The fourth-order valence-corrected chi connectivity index (χ4v) is 2.03. The fraction of sp³-hybridized carbons (Fsp3) is 0.231. The van der Waals surface area contributed by atoms with Crippen LogP contribution in [0.4, 0.5) is 10.5 Å². The molecule has 19 heavy (non-hydrogen) atoms. The summed E-state index contributed by atoms with van der Waals surface area (Å²) in [6, 6.07) is 4.67. The topological polar surface area (TPSA) is 46.9 Å². The molecule has 4 nitrogen and oxygen atoms in total. The lowest BCUT2D eigenvalue weighted by Crippen LogP contribution is -2.20. The number of hydrogen-bond donors (Lipinski definition) is 1. The van der Waals surface area contributed by atoms with E-state index in [2.05, 4.69) is 10.3 Å². The summed E-state index contributed by atoms with van der Waals surface area (Å²) < 4.78 is 1.50. The summed E-state index contributed by atoms with van der Waals surface area (Å²) in [7, 11) is 0. The van der Waals surface area contributed by atoms with Crippen molar-refractivity contribution >= 4 is 34.9 Å². The SMILES string of the molecule is CCc1nc(C)cn1C(=O)Nc1ccc(Cl)c(Cl)c1. The van der Waals surface area contributed by atoms with Crippen LogP contribution in [0.1, 0.15) is 18.4 Å². The number of nitrogens with one attached hydrogen (secondary N) is 1. The molecule has 0 atom stereocenters. The third kappa shape index (κ3) is 3.08. The molecule has 0 saturated carbocycles. The largest absolute Gasteiger partial charge is 0.331 e. The highest BCUT2D eigenvalue weighted by molar-refractivity contribution is 6.42. The zero-order valence-corrected chi connectivity index (χ0v) is 12.1. The van der Waals surface area contributed by atoms with E-state index in [-0.39, 0.29) is 6.03 Å². The second-order valence-corrected chi connectivity index (χ2v) is 4.90. The Morgan fingerprint density at radius 3 is 2.74 bits per heavy atom. The molecule has 1 aromatic carbocycles. The van der Waals surface area contributed by atoms with Gasteiger partial charge in [-0.25, -0.2) is 9.78 Å². The molecule has 2 rings (SSSR count). The van der Waals surface area contributed by atoms with Crippen LogP contribution in [0.2, 0.25) is 10.0 Å². The van der Waals surface area contributed by atoms with Crippen molar-refractivity contribution in [2.45, 2.75) is 20.3 Å². The summed E-state index contributed by atoms with van der Waals surface area (Å²) in [4.78, 5) is 16.4. The van der Waals surface area contributed by atoms with E-state index in [4.69, 9.17) is 23.2 Å². The number of hydrogen-bond acceptors (Lipinski definition) is 2. The third-order valence-corrected chi connectivity index (χ3v) is 3.34. The van der Waals surface area contributed by atoms with Gasteiger partial charge >= 0.3 is 6.03 Å². The Labute approximate surface area is 121 Å². The zero-order chi connectivity index (χ0) is 14.0. The summed E-state index contributed by atoms with van der Waals surface area (Å²) in [5.41, 5.74) is 1.40. The summed E-state index contributed by atoms with van der Waals surface area (Å²) in [5.74, 6) is 0.718. The van der Waals surface area contributed by atoms with Crippen LogP contribution in [0, 0.1) is 6.92 Å². The van der Waals surface area contributed by atoms with Gasteiger partial charge in [0.15, 0.2) is 0 Å². The maximum absolute atomic E-state index is 12.1. The van der Waals surface area contributed by atoms with Crippen molar-refractivity contribution in [2.75, 3.05) is 5.32 Å². The first-order valence-corrected chi connectivity index (χ1v) is 6.58. The molecule has 0 bridgehead atoms. The number of halogens is 2. The number of carbonyl (C=O) groups is 1. The summed E-state index contributed by atoms with van der Waals surface area (Å²) >= 11 is 11.7. The zero-order valence-electron chi connectivity index (χ0n) is 10.6. The minimum Gasteiger partial charge on any atom is -0.307 e. The number of anilines is 1. The van der Waals surface area contributed by atoms with Crippen LogP contribution in [-0.2, 0) is 6.42 Å². The minimum absolute atomic E-state index is 0.268. The van der Waals surface area contributed by atoms with Crippen molar-refractivity contribution in [3.8, 4) is 0 Å². The number of imidazole rings is 1. The second-order valence-electron chi connectivity index (χ2n) is 4.08. The molecule has 0 spiro atoms. The first kappa shape index (κ1) is 13.9. The molecule has 1 aromatic heterocycles. The highest BCUT2D eigenvalue weighted by Gasteiger charge is 2.11. The van der Waals surface area contributed by atoms with Crippen molar-refractivity contribution in [3.05, 3.63) is 46.0 Å². The number of aryl methyl sites for hydroxylation is 2. The normalized spacial score (nSPS) is 10.5. The molecule has 0 aliphatic carbocycles. The van der Waals surface area contributed by atoms with Gasteiger partial charge in [0.25, 0.3) is 0 Å². The number of amides is 1. The van der Waals surface area contributed by atoms with Crippen molar-refractivity contribution in [2.24, 2.45) is 0 Å². The Morgan fingerprint density at radius 2 is 2.11 bits per heavy atom. The molecule has 0 aliphatic rings. The molecule has 1 heterocycles. The second kappa shape index (κ2) is 5.63. The van der Waals surface area contributed by atoms with E-state index in [1.807, 2.05) is 13.8 Å². The van der Waals surface area contributed by atoms with Crippen LogP contribution < -0.4 is 5.32 Å². The monoisotopic (exact) mass is 297 g/mol. The molecule has 1 N–H and O–H groups in total. The molecular formula is C13H13Cl2N3O. The van der Waals surface area contributed by atoms with Crippen molar-refractivity contribution in [3.63, 3.8) is 0 Å². The van der Waals surface area contributed by atoms with Crippen LogP contribution >= 0.6 is 23.2 Å². The number of benzene rings is 1. The average molecular weight is 298 g/mol. The van der Waals surface area contributed by atoms with Gasteiger partial charge in [-0.2, -0.15) is 0 Å². The molecule has 1 amide bonds. The average Bonchev–Trinajstić information content (AvgIpc) is 2.75. The van der Waals surface area contributed by atoms with E-state index in [0.29, 0.717) is 22.2 Å². The Balaban J connectivity index is 2.22. The number of carbonyl (C=O) groups excluding carboxylic acids is 1. The summed E-state index contributed by atoms with van der Waals surface area (Å²) in [6.45, 7) is 3.80. The smallest absolute Gasteiger partial charge is 0.307 e. The Hall–Kier alpha value is -1.52. The van der Waals surface area contributed by atoms with Gasteiger partial charge in [0.2, 0.25) is 0 Å². The summed E-state index contributed by atoms with van der Waals surface area (Å²) in [5, 5.41) is 3.61. The first-order chi connectivity index (χ1) is 9.01.